The molecule has 1 unspecified atom stereocenters. The van der Waals surface area contributed by atoms with Gasteiger partial charge in [-0.2, -0.15) is 10.2 Å². The van der Waals surface area contributed by atoms with Crippen molar-refractivity contribution in [2.45, 2.75) is 19.4 Å². The number of nitrogens with two attached hydrogens (primary N) is 1. The molecule has 1 aromatic carbocycles. The second kappa shape index (κ2) is 12.3. The zero-order chi connectivity index (χ0) is 28.8. The molecule has 0 fully saturated rings. The first-order chi connectivity index (χ1) is 19.9. The lowest BCUT2D eigenvalue weighted by molar-refractivity contribution is 0.0937. The Kier molecular flexibility index (Phi) is 8.26. The van der Waals surface area contributed by atoms with Gasteiger partial charge in [-0.05, 0) is 67.1 Å². The van der Waals surface area contributed by atoms with Gasteiger partial charge in [0, 0.05) is 37.1 Å². The summed E-state index contributed by atoms with van der Waals surface area (Å²) in [5.74, 6) is 7.67. The van der Waals surface area contributed by atoms with Crippen molar-refractivity contribution >= 4 is 47.9 Å². The Balaban J connectivity index is 0.000000165. The van der Waals surface area contributed by atoms with Crippen LogP contribution >= 0.6 is 11.6 Å². The van der Waals surface area contributed by atoms with Crippen LogP contribution in [-0.4, -0.2) is 47.4 Å². The highest BCUT2D eigenvalue weighted by Crippen LogP contribution is 2.22. The monoisotopic (exact) mass is 569 g/mol. The summed E-state index contributed by atoms with van der Waals surface area (Å²) in [4.78, 5) is 12.2. The standard InChI is InChI=1S/C15H13N3O2.C14H15ClN6/c1-17-9-2-5-14(17)15(19)18-10-8-12(16-18)6-7-13-4-3-11-20-13;1-10-18-19-14(20(10)16)21-13(7-8-17-21)6-5-11-3-2-4-12(15)9-11/h2-11H,1H3;2-6,8-9,13H,7,16H2,1H3/b7-6+;6-5+. The van der Waals surface area contributed by atoms with Crippen molar-refractivity contribution in [3.63, 3.8) is 0 Å². The van der Waals surface area contributed by atoms with Crippen LogP contribution in [0, 0.1) is 6.92 Å². The van der Waals surface area contributed by atoms with E-state index in [4.69, 9.17) is 21.9 Å². The van der Waals surface area contributed by atoms with Crippen molar-refractivity contribution in [2.75, 3.05) is 10.9 Å². The predicted molar refractivity (Wildman–Crippen MR) is 160 cm³/mol. The molecule has 1 aliphatic rings. The Morgan fingerprint density at radius 3 is 2.66 bits per heavy atom. The number of carbonyl (C=O) groups excluding carboxylic acids is 1. The molecule has 0 aliphatic carbocycles. The highest BCUT2D eigenvalue weighted by atomic mass is 35.5. The molecule has 12 heteroatoms. The fourth-order valence-electron chi connectivity index (χ4n) is 4.03. The molecule has 4 aromatic heterocycles. The van der Waals surface area contributed by atoms with Gasteiger partial charge < -0.3 is 14.8 Å². The Labute approximate surface area is 241 Å². The van der Waals surface area contributed by atoms with Crippen LogP contribution in [0.25, 0.3) is 18.2 Å². The normalized spacial score (nSPS) is 14.7. The Bertz CT molecular complexity index is 1710. The number of aromatic nitrogens is 6. The van der Waals surface area contributed by atoms with Gasteiger partial charge in [0.25, 0.3) is 11.9 Å². The number of nitrogens with zero attached hydrogens (tertiary/aromatic N) is 8. The van der Waals surface area contributed by atoms with E-state index in [0.29, 0.717) is 28.2 Å². The van der Waals surface area contributed by atoms with E-state index < -0.39 is 0 Å². The second-order valence-electron chi connectivity index (χ2n) is 9.12. The van der Waals surface area contributed by atoms with Crippen LogP contribution in [0.4, 0.5) is 5.95 Å². The molecule has 6 rings (SSSR count). The summed E-state index contributed by atoms with van der Waals surface area (Å²) in [6, 6.07) is 16.8. The van der Waals surface area contributed by atoms with Crippen LogP contribution in [0.1, 0.15) is 39.8 Å². The predicted octanol–water partition coefficient (Wildman–Crippen LogP) is 4.91. The molecular weight excluding hydrogens is 542 g/mol. The van der Waals surface area contributed by atoms with Crippen LogP contribution in [0.15, 0.2) is 88.8 Å². The summed E-state index contributed by atoms with van der Waals surface area (Å²) in [7, 11) is 1.83. The number of hydrazone groups is 1. The first kappa shape index (κ1) is 27.4. The van der Waals surface area contributed by atoms with Gasteiger partial charge in [0.05, 0.1) is 18.0 Å². The van der Waals surface area contributed by atoms with Gasteiger partial charge in [-0.1, -0.05) is 35.9 Å². The minimum absolute atomic E-state index is 0.0647. The zero-order valence-electron chi connectivity index (χ0n) is 22.4. The van der Waals surface area contributed by atoms with E-state index in [-0.39, 0.29) is 11.9 Å². The van der Waals surface area contributed by atoms with Crippen LogP contribution in [0.3, 0.4) is 0 Å². The van der Waals surface area contributed by atoms with Crippen LogP contribution in [0.5, 0.6) is 0 Å². The molecule has 0 saturated heterocycles. The van der Waals surface area contributed by atoms with Crippen LogP contribution in [-0.2, 0) is 7.05 Å². The summed E-state index contributed by atoms with van der Waals surface area (Å²) in [5.41, 5.74) is 2.33. The topological polar surface area (TPSA) is 125 Å². The summed E-state index contributed by atoms with van der Waals surface area (Å²) in [5, 5.41) is 19.1. The van der Waals surface area contributed by atoms with Crippen LogP contribution < -0.4 is 10.9 Å². The number of nitrogen functional groups attached to an aromatic ring is 1. The average Bonchev–Trinajstić information content (AvgIpc) is 3.80. The first-order valence-electron chi connectivity index (χ1n) is 12.7. The highest BCUT2D eigenvalue weighted by molar-refractivity contribution is 6.30. The third kappa shape index (κ3) is 6.53. The van der Waals surface area contributed by atoms with E-state index in [1.807, 2.05) is 68.0 Å². The quantitative estimate of drug-likeness (QED) is 0.288. The van der Waals surface area contributed by atoms with Crippen molar-refractivity contribution < 1.29 is 9.21 Å². The Morgan fingerprint density at radius 2 is 1.95 bits per heavy atom. The fraction of sp³-hybridized carbons (Fsp3) is 0.138. The number of hydrogen-bond donors (Lipinski definition) is 1. The van der Waals surface area contributed by atoms with Gasteiger partial charge in [-0.15, -0.1) is 10.2 Å². The lowest BCUT2D eigenvalue weighted by Crippen LogP contribution is -2.29. The van der Waals surface area contributed by atoms with Gasteiger partial charge >= 0.3 is 0 Å². The number of benzene rings is 1. The number of anilines is 1. The second-order valence-corrected chi connectivity index (χ2v) is 9.56. The molecule has 2 N–H and O–H groups in total. The molecule has 11 nitrogen and oxygen atoms in total. The Morgan fingerprint density at radius 1 is 1.07 bits per heavy atom. The molecular formula is C29H28ClN9O2. The van der Waals surface area contributed by atoms with Crippen molar-refractivity contribution in [3.05, 3.63) is 113 Å². The molecule has 1 aliphatic heterocycles. The summed E-state index contributed by atoms with van der Waals surface area (Å²) < 4.78 is 9.72. The molecule has 0 spiro atoms. The summed E-state index contributed by atoms with van der Waals surface area (Å²) >= 11 is 5.98. The maximum absolute atomic E-state index is 12.2. The zero-order valence-corrected chi connectivity index (χ0v) is 23.2. The number of furan rings is 1. The minimum atomic E-state index is -0.157. The molecule has 0 saturated carbocycles. The van der Waals surface area contributed by atoms with Crippen LogP contribution in [0.2, 0.25) is 5.02 Å². The van der Waals surface area contributed by atoms with Crippen molar-refractivity contribution in [3.8, 4) is 0 Å². The maximum Gasteiger partial charge on any atom is 0.294 e. The number of aryl methyl sites for hydroxylation is 2. The number of hydrogen-bond acceptors (Lipinski definition) is 8. The molecule has 0 amide bonds. The molecule has 5 heterocycles. The van der Waals surface area contributed by atoms with Gasteiger partial charge in [0.1, 0.15) is 11.5 Å². The van der Waals surface area contributed by atoms with E-state index >= 15 is 0 Å². The molecule has 1 atom stereocenters. The Hall–Kier alpha value is -5.16. The third-order valence-corrected chi connectivity index (χ3v) is 6.46. The molecule has 0 radical (unpaired) electrons. The van der Waals surface area contributed by atoms with E-state index in [0.717, 1.165) is 17.7 Å². The number of halogens is 1. The van der Waals surface area contributed by atoms with E-state index in [1.54, 1.807) is 53.2 Å². The molecule has 41 heavy (non-hydrogen) atoms. The van der Waals surface area contributed by atoms with E-state index in [1.165, 1.54) is 9.36 Å². The first-order valence-corrected chi connectivity index (χ1v) is 13.1. The van der Waals surface area contributed by atoms with Gasteiger partial charge in [0.15, 0.2) is 5.82 Å². The van der Waals surface area contributed by atoms with Crippen molar-refractivity contribution in [1.82, 2.24) is 29.2 Å². The van der Waals surface area contributed by atoms with E-state index in [9.17, 15) is 4.79 Å². The molecule has 208 valence electrons. The number of carbonyl (C=O) groups is 1. The van der Waals surface area contributed by atoms with Gasteiger partial charge in [-0.3, -0.25) is 4.79 Å². The van der Waals surface area contributed by atoms with Crippen molar-refractivity contribution in [2.24, 2.45) is 12.1 Å². The highest BCUT2D eigenvalue weighted by Gasteiger charge is 2.24. The molecule has 0 bridgehead atoms. The molecule has 5 aromatic rings. The van der Waals surface area contributed by atoms with Gasteiger partial charge in [-0.25, -0.2) is 14.4 Å². The van der Waals surface area contributed by atoms with Gasteiger partial charge in [0.2, 0.25) is 0 Å². The largest absolute Gasteiger partial charge is 0.465 e. The number of rotatable bonds is 6. The van der Waals surface area contributed by atoms with Crippen molar-refractivity contribution in [1.29, 1.82) is 0 Å². The summed E-state index contributed by atoms with van der Waals surface area (Å²) in [6.45, 7) is 1.80. The smallest absolute Gasteiger partial charge is 0.294 e. The van der Waals surface area contributed by atoms with E-state index in [2.05, 4.69) is 26.5 Å². The third-order valence-electron chi connectivity index (χ3n) is 6.22. The lowest BCUT2D eigenvalue weighted by atomic mass is 10.1. The maximum atomic E-state index is 12.2. The minimum Gasteiger partial charge on any atom is -0.465 e. The summed E-state index contributed by atoms with van der Waals surface area (Å²) in [6.07, 6.45) is 15.4. The lowest BCUT2D eigenvalue weighted by Gasteiger charge is -2.19. The SMILES string of the molecule is Cc1nnc(N2N=CCC2/C=C/c2cccc(Cl)c2)n1N.Cn1cccc1C(=O)n1ccc(/C=C/c2ccco2)n1. The fourth-order valence-corrected chi connectivity index (χ4v) is 4.23. The average molecular weight is 570 g/mol.